The van der Waals surface area contributed by atoms with Crippen molar-refractivity contribution in [1.82, 2.24) is 4.90 Å². The predicted molar refractivity (Wildman–Crippen MR) is 161 cm³/mol. The van der Waals surface area contributed by atoms with Gasteiger partial charge in [-0.3, -0.25) is 4.79 Å². The first-order valence-electron chi connectivity index (χ1n) is 14.1. The van der Waals surface area contributed by atoms with Crippen LogP contribution >= 0.6 is 23.2 Å². The molecular formula is C31H41Cl2NO5S. The van der Waals surface area contributed by atoms with E-state index in [-0.39, 0.29) is 41.5 Å². The number of rotatable bonds is 10. The molecular weight excluding hydrogens is 569 g/mol. The molecule has 0 radical (unpaired) electrons. The lowest BCUT2D eigenvalue weighted by Gasteiger charge is -2.52. The Hall–Kier alpha value is -1.64. The van der Waals surface area contributed by atoms with Gasteiger partial charge < -0.3 is 14.4 Å². The normalized spacial score (nSPS) is 27.6. The molecule has 6 nitrogen and oxygen atoms in total. The number of amides is 1. The SMILES string of the molecule is CC[C@@H](CCS(=O)(=O)CC)N1C(=O)[C@@](C)(CC2COC(C)(C)O2)C[C@H](c2cccc(Cl)c2)C1c1ccc(Cl)cc1. The summed E-state index contributed by atoms with van der Waals surface area (Å²) >= 11 is 12.8. The number of nitrogens with zero attached hydrogens (tertiary/aromatic N) is 1. The van der Waals surface area contributed by atoms with Gasteiger partial charge in [0.2, 0.25) is 5.91 Å². The van der Waals surface area contributed by atoms with Crippen molar-refractivity contribution in [2.75, 3.05) is 18.1 Å². The number of ether oxygens (including phenoxy) is 2. The number of carbonyl (C=O) groups excluding carboxylic acids is 1. The second kappa shape index (κ2) is 12.3. The smallest absolute Gasteiger partial charge is 0.229 e. The fourth-order valence-electron chi connectivity index (χ4n) is 6.34. The van der Waals surface area contributed by atoms with E-state index in [1.165, 1.54) is 0 Å². The van der Waals surface area contributed by atoms with Gasteiger partial charge in [0, 0.05) is 33.2 Å². The molecule has 2 fully saturated rings. The van der Waals surface area contributed by atoms with Crippen LogP contribution in [0.25, 0.3) is 0 Å². The number of hydrogen-bond acceptors (Lipinski definition) is 5. The van der Waals surface area contributed by atoms with Crippen molar-refractivity contribution in [3.8, 4) is 0 Å². The summed E-state index contributed by atoms with van der Waals surface area (Å²) in [5.74, 6) is -0.660. The van der Waals surface area contributed by atoms with E-state index < -0.39 is 21.0 Å². The fraction of sp³-hybridized carbons (Fsp3) is 0.581. The van der Waals surface area contributed by atoms with Gasteiger partial charge >= 0.3 is 0 Å². The van der Waals surface area contributed by atoms with Crippen molar-refractivity contribution in [2.45, 2.75) is 90.2 Å². The summed E-state index contributed by atoms with van der Waals surface area (Å²) in [6.45, 7) is 9.89. The summed E-state index contributed by atoms with van der Waals surface area (Å²) in [6.07, 6.45) is 1.86. The average molecular weight is 611 g/mol. The van der Waals surface area contributed by atoms with Gasteiger partial charge in [0.25, 0.3) is 0 Å². The van der Waals surface area contributed by atoms with Crippen molar-refractivity contribution >= 4 is 38.9 Å². The maximum absolute atomic E-state index is 14.7. The molecule has 0 saturated carbocycles. The lowest BCUT2D eigenvalue weighted by Crippen LogP contribution is -2.56. The standard InChI is InChI=1S/C31H41Cl2NO5S/c1-6-25(15-16-40(36,37)7-2)34-28(21-11-13-23(32)14-12-21)27(22-9-8-10-24(33)17-22)19-31(5,29(34)35)18-26-20-38-30(3,4)39-26/h8-14,17,25-28H,6-7,15-16,18-20H2,1-5H3/t25-,26?,27+,28?,31-/m0/s1. The third-order valence-corrected chi connectivity index (χ3v) is 10.6. The largest absolute Gasteiger partial charge is 0.348 e. The van der Waals surface area contributed by atoms with E-state index in [0.29, 0.717) is 42.3 Å². The third kappa shape index (κ3) is 7.04. The van der Waals surface area contributed by atoms with Crippen LogP contribution in [-0.4, -0.2) is 55.3 Å². The summed E-state index contributed by atoms with van der Waals surface area (Å²) in [4.78, 5) is 16.7. The highest BCUT2D eigenvalue weighted by atomic mass is 35.5. The molecule has 2 aromatic carbocycles. The molecule has 2 aromatic rings. The number of hydrogen-bond donors (Lipinski definition) is 0. The molecule has 2 heterocycles. The van der Waals surface area contributed by atoms with Gasteiger partial charge in [-0.25, -0.2) is 8.42 Å². The van der Waals surface area contributed by atoms with Crippen molar-refractivity contribution < 1.29 is 22.7 Å². The highest BCUT2D eigenvalue weighted by molar-refractivity contribution is 7.91. The quantitative estimate of drug-likeness (QED) is 0.285. The van der Waals surface area contributed by atoms with E-state index in [2.05, 4.69) is 6.07 Å². The van der Waals surface area contributed by atoms with Crippen molar-refractivity contribution in [3.05, 3.63) is 69.7 Å². The average Bonchev–Trinajstić information content (AvgIpc) is 3.24. The maximum atomic E-state index is 14.7. The zero-order valence-electron chi connectivity index (χ0n) is 24.0. The molecule has 9 heteroatoms. The van der Waals surface area contributed by atoms with E-state index in [1.54, 1.807) is 6.92 Å². The Morgan fingerprint density at radius 3 is 2.30 bits per heavy atom. The van der Waals surface area contributed by atoms with Gasteiger partial charge in [-0.1, -0.05) is 68.2 Å². The lowest BCUT2D eigenvalue weighted by atomic mass is 9.66. The Kier molecular flexibility index (Phi) is 9.63. The van der Waals surface area contributed by atoms with Crippen LogP contribution in [0.3, 0.4) is 0 Å². The molecule has 0 spiro atoms. The molecule has 40 heavy (non-hydrogen) atoms. The van der Waals surface area contributed by atoms with Gasteiger partial charge in [-0.2, -0.15) is 0 Å². The number of piperidine rings is 1. The Morgan fingerprint density at radius 2 is 1.73 bits per heavy atom. The first-order chi connectivity index (χ1) is 18.8. The van der Waals surface area contributed by atoms with Crippen LogP contribution < -0.4 is 0 Å². The summed E-state index contributed by atoms with van der Waals surface area (Å²) in [6, 6.07) is 14.9. The molecule has 0 N–H and O–H groups in total. The molecule has 0 bridgehead atoms. The minimum Gasteiger partial charge on any atom is -0.348 e. The molecule has 0 aromatic heterocycles. The first-order valence-corrected chi connectivity index (χ1v) is 16.7. The van der Waals surface area contributed by atoms with Gasteiger partial charge in [0.1, 0.15) is 9.84 Å². The Balaban J connectivity index is 1.83. The van der Waals surface area contributed by atoms with E-state index in [4.69, 9.17) is 32.7 Å². The van der Waals surface area contributed by atoms with E-state index in [9.17, 15) is 13.2 Å². The second-order valence-electron chi connectivity index (χ2n) is 11.9. The molecule has 2 aliphatic rings. The minimum atomic E-state index is -3.21. The summed E-state index contributed by atoms with van der Waals surface area (Å²) in [7, 11) is -3.21. The van der Waals surface area contributed by atoms with Crippen LogP contribution in [0.4, 0.5) is 0 Å². The number of benzene rings is 2. The Morgan fingerprint density at radius 1 is 1.02 bits per heavy atom. The van der Waals surface area contributed by atoms with E-state index in [0.717, 1.165) is 11.1 Å². The zero-order chi connectivity index (χ0) is 29.3. The monoisotopic (exact) mass is 609 g/mol. The highest BCUT2D eigenvalue weighted by Crippen LogP contribution is 2.53. The molecule has 2 saturated heterocycles. The zero-order valence-corrected chi connectivity index (χ0v) is 26.4. The molecule has 1 amide bonds. The Labute approximate surface area is 249 Å². The molecule has 220 valence electrons. The van der Waals surface area contributed by atoms with Crippen molar-refractivity contribution in [3.63, 3.8) is 0 Å². The number of sulfone groups is 1. The van der Waals surface area contributed by atoms with E-state index >= 15 is 0 Å². The molecule has 2 unspecified atom stereocenters. The molecule has 2 aliphatic heterocycles. The van der Waals surface area contributed by atoms with Gasteiger partial charge in [0.15, 0.2) is 5.79 Å². The van der Waals surface area contributed by atoms with Crippen LogP contribution in [-0.2, 0) is 24.1 Å². The van der Waals surface area contributed by atoms with Gasteiger partial charge in [-0.15, -0.1) is 0 Å². The first kappa shape index (κ1) is 31.3. The fourth-order valence-corrected chi connectivity index (χ4v) is 7.58. The van der Waals surface area contributed by atoms with Crippen molar-refractivity contribution in [2.24, 2.45) is 5.41 Å². The lowest BCUT2D eigenvalue weighted by molar-refractivity contribution is -0.163. The third-order valence-electron chi connectivity index (χ3n) is 8.40. The van der Waals surface area contributed by atoms with Crippen LogP contribution in [0.1, 0.15) is 83.4 Å². The highest BCUT2D eigenvalue weighted by Gasteiger charge is 2.53. The summed E-state index contributed by atoms with van der Waals surface area (Å²) < 4.78 is 37.1. The maximum Gasteiger partial charge on any atom is 0.229 e. The van der Waals surface area contributed by atoms with Gasteiger partial charge in [0.05, 0.1) is 24.5 Å². The number of likely N-dealkylation sites (tertiary alicyclic amines) is 1. The van der Waals surface area contributed by atoms with Crippen LogP contribution in [0, 0.1) is 5.41 Å². The second-order valence-corrected chi connectivity index (χ2v) is 15.2. The van der Waals surface area contributed by atoms with Crippen LogP contribution in [0.2, 0.25) is 10.0 Å². The molecule has 4 rings (SSSR count). The van der Waals surface area contributed by atoms with Gasteiger partial charge in [-0.05, 0) is 74.9 Å². The summed E-state index contributed by atoms with van der Waals surface area (Å²) in [5, 5.41) is 1.25. The van der Waals surface area contributed by atoms with Crippen molar-refractivity contribution in [1.29, 1.82) is 0 Å². The van der Waals surface area contributed by atoms with Crippen LogP contribution in [0.5, 0.6) is 0 Å². The predicted octanol–water partition coefficient (Wildman–Crippen LogP) is 7.20. The molecule has 0 aliphatic carbocycles. The summed E-state index contributed by atoms with van der Waals surface area (Å²) in [5.41, 5.74) is 1.24. The minimum absolute atomic E-state index is 0.0137. The molecule has 5 atom stereocenters. The topological polar surface area (TPSA) is 72.9 Å². The Bertz CT molecular complexity index is 1300. The van der Waals surface area contributed by atoms with E-state index in [1.807, 2.05) is 75.1 Å². The van der Waals surface area contributed by atoms with Crippen LogP contribution in [0.15, 0.2) is 48.5 Å². The number of carbonyl (C=O) groups is 1. The number of halogens is 2.